The van der Waals surface area contributed by atoms with Crippen LogP contribution in [-0.2, 0) is 0 Å². The summed E-state index contributed by atoms with van der Waals surface area (Å²) in [5, 5.41) is 12.8. The lowest BCUT2D eigenvalue weighted by molar-refractivity contribution is -0.0374. The minimum absolute atomic E-state index is 0.0820. The first-order valence-corrected chi connectivity index (χ1v) is 8.99. The molecule has 6 heteroatoms. The number of hydroxylamine groups is 2. The molecular formula is C19H24N2O4. The summed E-state index contributed by atoms with van der Waals surface area (Å²) < 4.78 is 5.41. The molecule has 0 heterocycles. The number of carbonyl (C=O) groups excluding carboxylic acids is 2. The Hall–Kier alpha value is -2.08. The van der Waals surface area contributed by atoms with Crippen LogP contribution in [0.5, 0.6) is 5.75 Å². The molecule has 4 fully saturated rings. The zero-order chi connectivity index (χ0) is 17.6. The van der Waals surface area contributed by atoms with E-state index in [9.17, 15) is 9.59 Å². The third-order valence-corrected chi connectivity index (χ3v) is 6.01. The molecule has 0 spiro atoms. The molecular weight excluding hydrogens is 320 g/mol. The first kappa shape index (κ1) is 16.4. The van der Waals surface area contributed by atoms with Gasteiger partial charge in [0.2, 0.25) is 0 Å². The molecule has 1 aromatic carbocycles. The Morgan fingerprint density at radius 3 is 2.08 bits per heavy atom. The van der Waals surface area contributed by atoms with E-state index < -0.39 is 12.0 Å². The van der Waals surface area contributed by atoms with Crippen molar-refractivity contribution in [3.05, 3.63) is 29.8 Å². The van der Waals surface area contributed by atoms with E-state index in [1.807, 2.05) is 0 Å². The third kappa shape index (κ3) is 3.23. The third-order valence-electron chi connectivity index (χ3n) is 6.01. The molecule has 2 amide bonds. The lowest BCUT2D eigenvalue weighted by atomic mass is 9.53. The fraction of sp³-hybridized carbons (Fsp3) is 0.579. The Bertz CT molecular complexity index is 648. The Balaban J connectivity index is 1.39. The van der Waals surface area contributed by atoms with E-state index >= 15 is 0 Å². The van der Waals surface area contributed by atoms with Crippen LogP contribution in [0.25, 0.3) is 0 Å². The van der Waals surface area contributed by atoms with Gasteiger partial charge >= 0.3 is 6.09 Å². The van der Waals surface area contributed by atoms with Gasteiger partial charge in [-0.25, -0.2) is 9.86 Å². The molecule has 4 bridgehead atoms. The number of rotatable bonds is 3. The quantitative estimate of drug-likeness (QED) is 0.652. The normalized spacial score (nSPS) is 32.3. The van der Waals surface area contributed by atoms with Crippen molar-refractivity contribution in [2.75, 3.05) is 7.05 Å². The summed E-state index contributed by atoms with van der Waals surface area (Å²) in [4.78, 5) is 24.0. The number of hydrogen-bond acceptors (Lipinski definition) is 4. The van der Waals surface area contributed by atoms with Crippen LogP contribution in [-0.4, -0.2) is 34.9 Å². The zero-order valence-corrected chi connectivity index (χ0v) is 14.4. The number of ether oxygens (including phenoxy) is 1. The highest BCUT2D eigenvalue weighted by atomic mass is 16.6. The standard InChI is InChI=1S/C19H24N2O4/c1-21(24)17(22)15-2-4-16(5-3-15)25-18(23)20-19-9-12-6-13(10-19)8-14(7-12)11-19/h2-5,12-14,24H,6-11H2,1H3,(H,20,23). The van der Waals surface area contributed by atoms with E-state index in [0.29, 0.717) is 16.4 Å². The number of hydrogen-bond donors (Lipinski definition) is 2. The van der Waals surface area contributed by atoms with Gasteiger partial charge in [0.15, 0.2) is 0 Å². The first-order chi connectivity index (χ1) is 11.9. The van der Waals surface area contributed by atoms with Crippen LogP contribution in [0.4, 0.5) is 4.79 Å². The van der Waals surface area contributed by atoms with Gasteiger partial charge in [0.05, 0.1) is 0 Å². The Kier molecular flexibility index (Phi) is 3.95. The van der Waals surface area contributed by atoms with Crippen molar-refractivity contribution in [1.82, 2.24) is 10.4 Å². The topological polar surface area (TPSA) is 78.9 Å². The van der Waals surface area contributed by atoms with Crippen LogP contribution in [0.2, 0.25) is 0 Å². The second kappa shape index (κ2) is 6.02. The van der Waals surface area contributed by atoms with Crippen LogP contribution in [0.3, 0.4) is 0 Å². The van der Waals surface area contributed by atoms with E-state index in [-0.39, 0.29) is 5.54 Å². The van der Waals surface area contributed by atoms with E-state index in [4.69, 9.17) is 9.94 Å². The van der Waals surface area contributed by atoms with Gasteiger partial charge in [-0.15, -0.1) is 0 Å². The summed E-state index contributed by atoms with van der Waals surface area (Å²) in [6.45, 7) is 0. The van der Waals surface area contributed by atoms with Crippen molar-refractivity contribution in [2.45, 2.75) is 44.1 Å². The van der Waals surface area contributed by atoms with Crippen LogP contribution < -0.4 is 10.1 Å². The van der Waals surface area contributed by atoms with Gasteiger partial charge < -0.3 is 10.1 Å². The lowest BCUT2D eigenvalue weighted by Crippen LogP contribution is -2.60. The van der Waals surface area contributed by atoms with Crippen molar-refractivity contribution >= 4 is 12.0 Å². The molecule has 0 unspecified atom stereocenters. The molecule has 25 heavy (non-hydrogen) atoms. The molecule has 4 aliphatic carbocycles. The van der Waals surface area contributed by atoms with Gasteiger partial charge in [-0.1, -0.05) is 0 Å². The molecule has 134 valence electrons. The Morgan fingerprint density at radius 2 is 1.60 bits per heavy atom. The second-order valence-electron chi connectivity index (χ2n) is 8.07. The molecule has 0 saturated heterocycles. The molecule has 5 rings (SSSR count). The largest absolute Gasteiger partial charge is 0.413 e. The molecule has 0 radical (unpaired) electrons. The molecule has 0 aromatic heterocycles. The smallest absolute Gasteiger partial charge is 0.410 e. The summed E-state index contributed by atoms with van der Waals surface area (Å²) in [5.41, 5.74) is 0.250. The number of nitrogens with zero attached hydrogens (tertiary/aromatic N) is 1. The van der Waals surface area contributed by atoms with Crippen LogP contribution in [0, 0.1) is 17.8 Å². The fourth-order valence-corrected chi connectivity index (χ4v) is 5.47. The average Bonchev–Trinajstić information content (AvgIpc) is 2.52. The molecule has 0 aliphatic heterocycles. The monoisotopic (exact) mass is 344 g/mol. The van der Waals surface area contributed by atoms with Gasteiger partial charge in [-0.2, -0.15) is 0 Å². The number of benzene rings is 1. The number of amides is 2. The lowest BCUT2D eigenvalue weighted by Gasteiger charge is -2.56. The molecule has 6 nitrogen and oxygen atoms in total. The van der Waals surface area contributed by atoms with Crippen LogP contribution in [0.1, 0.15) is 48.9 Å². The van der Waals surface area contributed by atoms with Crippen molar-refractivity contribution in [2.24, 2.45) is 17.8 Å². The maximum absolute atomic E-state index is 12.4. The zero-order valence-electron chi connectivity index (χ0n) is 14.4. The molecule has 4 saturated carbocycles. The van der Waals surface area contributed by atoms with Crippen molar-refractivity contribution < 1.29 is 19.5 Å². The number of carbonyl (C=O) groups is 2. The van der Waals surface area contributed by atoms with Crippen molar-refractivity contribution in [1.29, 1.82) is 0 Å². The molecule has 4 aliphatic rings. The van der Waals surface area contributed by atoms with Gasteiger partial charge in [0.25, 0.3) is 5.91 Å². The van der Waals surface area contributed by atoms with Gasteiger partial charge in [-0.3, -0.25) is 10.0 Å². The molecule has 2 N–H and O–H groups in total. The first-order valence-electron chi connectivity index (χ1n) is 8.99. The Labute approximate surface area is 147 Å². The average molecular weight is 344 g/mol. The predicted molar refractivity (Wildman–Crippen MR) is 90.4 cm³/mol. The molecule has 1 aromatic rings. The second-order valence-corrected chi connectivity index (χ2v) is 8.07. The van der Waals surface area contributed by atoms with Crippen molar-refractivity contribution in [3.63, 3.8) is 0 Å². The van der Waals surface area contributed by atoms with E-state index in [2.05, 4.69) is 5.32 Å². The predicted octanol–water partition coefficient (Wildman–Crippen LogP) is 3.21. The van der Waals surface area contributed by atoms with Crippen molar-refractivity contribution in [3.8, 4) is 5.75 Å². The highest BCUT2D eigenvalue weighted by molar-refractivity contribution is 5.93. The molecule has 0 atom stereocenters. The number of nitrogens with one attached hydrogen (secondary N) is 1. The fourth-order valence-electron chi connectivity index (χ4n) is 5.47. The Morgan fingerprint density at radius 1 is 1.08 bits per heavy atom. The van der Waals surface area contributed by atoms with Gasteiger partial charge in [-0.05, 0) is 80.5 Å². The summed E-state index contributed by atoms with van der Waals surface area (Å²) in [5.74, 6) is 2.15. The van der Waals surface area contributed by atoms with Gasteiger partial charge in [0.1, 0.15) is 5.75 Å². The summed E-state index contributed by atoms with van der Waals surface area (Å²) >= 11 is 0. The van der Waals surface area contributed by atoms with Crippen LogP contribution >= 0.6 is 0 Å². The van der Waals surface area contributed by atoms with E-state index in [0.717, 1.165) is 37.0 Å². The minimum atomic E-state index is -0.510. The van der Waals surface area contributed by atoms with E-state index in [1.165, 1.54) is 38.4 Å². The van der Waals surface area contributed by atoms with Crippen LogP contribution in [0.15, 0.2) is 24.3 Å². The maximum Gasteiger partial charge on any atom is 0.413 e. The summed E-state index contributed by atoms with van der Waals surface area (Å²) in [7, 11) is 1.27. The van der Waals surface area contributed by atoms with E-state index in [1.54, 1.807) is 12.1 Å². The SMILES string of the molecule is CN(O)C(=O)c1ccc(OC(=O)NC23CC4CC(CC(C4)C2)C3)cc1. The van der Waals surface area contributed by atoms with Gasteiger partial charge in [0, 0.05) is 18.2 Å². The summed E-state index contributed by atoms with van der Waals surface area (Å²) in [6, 6.07) is 6.19. The minimum Gasteiger partial charge on any atom is -0.410 e. The highest BCUT2D eigenvalue weighted by Crippen LogP contribution is 2.55. The maximum atomic E-state index is 12.4. The summed E-state index contributed by atoms with van der Waals surface area (Å²) in [6.07, 6.45) is 6.78. The highest BCUT2D eigenvalue weighted by Gasteiger charge is 2.51.